The first-order chi connectivity index (χ1) is 19.0. The molecule has 0 spiro atoms. The quantitative estimate of drug-likeness (QED) is 0.0387. The molecule has 2 nitrogen and oxygen atoms in total. The molecule has 0 heterocycles. The Bertz CT molecular complexity index is 684. The van der Waals surface area contributed by atoms with E-state index in [0.29, 0.717) is 5.75 Å². The van der Waals surface area contributed by atoms with E-state index in [-0.39, 0.29) is 19.5 Å². The van der Waals surface area contributed by atoms with E-state index in [9.17, 15) is 4.89 Å². The zero-order valence-electron chi connectivity index (χ0n) is 26.4. The minimum Gasteiger partial charge on any atom is -0.682 e. The van der Waals surface area contributed by atoms with Crippen LogP contribution in [-0.2, 0) is 56.8 Å². The zero-order valence-corrected chi connectivity index (χ0v) is 31.9. The molecule has 0 aliphatic carbocycles. The van der Waals surface area contributed by atoms with Gasteiger partial charge in [0.2, 0.25) is 0 Å². The first-order valence-corrected chi connectivity index (χ1v) is 20.4. The van der Waals surface area contributed by atoms with Gasteiger partial charge < -0.3 is 33.9 Å². The topological polar surface area (TPSA) is 32.3 Å². The summed E-state index contributed by atoms with van der Waals surface area (Å²) in [5.41, 5.74) is 2.49. The Hall–Kier alpha value is 0.733. The van der Waals surface area contributed by atoms with E-state index in [1.165, 1.54) is 153 Å². The van der Waals surface area contributed by atoms with Crippen molar-refractivity contribution < 1.29 is 28.9 Å². The van der Waals surface area contributed by atoms with Crippen LogP contribution in [0.4, 0.5) is 0 Å². The SMILES string of the molecule is CCCCCCCCCCCCCCc1ccc(O[P+]([O-])([S-])[S-])c(CCCCCCCCCCCCCC)c1.[Zn+2]. The Morgan fingerprint density at radius 1 is 0.550 bits per heavy atom. The minimum atomic E-state index is -3.38. The molecule has 0 aliphatic heterocycles. The first-order valence-electron chi connectivity index (χ1n) is 16.8. The second kappa shape index (κ2) is 28.5. The maximum absolute atomic E-state index is 12.0. The van der Waals surface area contributed by atoms with Crippen LogP contribution in [0.25, 0.3) is 0 Å². The largest absolute Gasteiger partial charge is 2.00 e. The van der Waals surface area contributed by atoms with Crippen LogP contribution in [-0.4, -0.2) is 0 Å². The molecular formula is C34H61O2PS2Zn. The summed E-state index contributed by atoms with van der Waals surface area (Å²) in [7, 11) is 0. The van der Waals surface area contributed by atoms with Crippen molar-refractivity contribution in [2.75, 3.05) is 0 Å². The van der Waals surface area contributed by atoms with Crippen LogP contribution < -0.4 is 9.42 Å². The first kappa shape index (κ1) is 40.7. The minimum absolute atomic E-state index is 0. The molecule has 0 unspecified atom stereocenters. The third-order valence-corrected chi connectivity index (χ3v) is 8.82. The van der Waals surface area contributed by atoms with E-state index < -0.39 is 6.12 Å². The number of aryl methyl sites for hydroxylation is 2. The molecule has 0 N–H and O–H groups in total. The van der Waals surface area contributed by atoms with Gasteiger partial charge in [-0.2, -0.15) is 0 Å². The molecule has 0 amide bonds. The second-order valence-corrected chi connectivity index (χ2v) is 16.4. The van der Waals surface area contributed by atoms with Crippen LogP contribution in [0.5, 0.6) is 5.75 Å². The van der Waals surface area contributed by atoms with Crippen molar-refractivity contribution in [3.63, 3.8) is 0 Å². The van der Waals surface area contributed by atoms with Crippen molar-refractivity contribution >= 4 is 30.6 Å². The molecule has 0 bridgehead atoms. The van der Waals surface area contributed by atoms with Gasteiger partial charge in [0.15, 0.2) is 5.75 Å². The fourth-order valence-corrected chi connectivity index (χ4v) is 6.42. The third kappa shape index (κ3) is 25.3. The van der Waals surface area contributed by atoms with Crippen molar-refractivity contribution in [1.82, 2.24) is 0 Å². The molecule has 1 aromatic rings. The van der Waals surface area contributed by atoms with Gasteiger partial charge in [-0.05, 0) is 42.9 Å². The Balaban J connectivity index is 0.0000152. The van der Waals surface area contributed by atoms with E-state index >= 15 is 0 Å². The van der Waals surface area contributed by atoms with E-state index in [1.807, 2.05) is 6.07 Å². The van der Waals surface area contributed by atoms with Crippen molar-refractivity contribution in [2.24, 2.45) is 0 Å². The van der Waals surface area contributed by atoms with E-state index in [0.717, 1.165) is 24.8 Å². The molecule has 0 aliphatic rings. The Kier molecular flexibility index (Phi) is 29.0. The summed E-state index contributed by atoms with van der Waals surface area (Å²) in [5.74, 6) is 0.643. The standard InChI is InChI=1S/C34H63O2PS2.Zn/c1-3-5-7-9-11-13-15-17-19-21-23-25-27-32-29-30-34(36-37(35,38)39)33(31-32)28-26-24-22-20-18-16-14-12-10-8-6-4-2;/h29-31H,3-28H2,1-2H3,(H2,35,38,39);/q;+2/p-2. The summed E-state index contributed by atoms with van der Waals surface area (Å²) < 4.78 is 5.55. The Labute approximate surface area is 274 Å². The smallest absolute Gasteiger partial charge is 0.682 e. The molecule has 0 fully saturated rings. The van der Waals surface area contributed by atoms with Gasteiger partial charge in [0, 0.05) is 0 Å². The van der Waals surface area contributed by atoms with E-state index in [2.05, 4.69) is 26.0 Å². The molecule has 0 atom stereocenters. The molecule has 1 aromatic carbocycles. The second-order valence-electron chi connectivity index (χ2n) is 11.8. The number of unbranched alkanes of at least 4 members (excludes halogenated alkanes) is 22. The summed E-state index contributed by atoms with van der Waals surface area (Å²) in [4.78, 5) is 12.0. The van der Waals surface area contributed by atoms with Gasteiger partial charge >= 0.3 is 19.5 Å². The zero-order chi connectivity index (χ0) is 28.4. The molecular weight excluding hydrogens is 601 g/mol. The van der Waals surface area contributed by atoms with Gasteiger partial charge in [-0.15, -0.1) is 6.12 Å². The van der Waals surface area contributed by atoms with Gasteiger partial charge in [0.1, 0.15) is 0 Å². The maximum Gasteiger partial charge on any atom is 2.00 e. The van der Waals surface area contributed by atoms with Crippen molar-refractivity contribution in [3.05, 3.63) is 29.3 Å². The van der Waals surface area contributed by atoms with E-state index in [1.54, 1.807) is 0 Å². The average Bonchev–Trinajstić information content (AvgIpc) is 2.90. The average molecular weight is 662 g/mol. The summed E-state index contributed by atoms with van der Waals surface area (Å²) in [5, 5.41) is 0. The van der Waals surface area contributed by atoms with Crippen LogP contribution in [0.2, 0.25) is 0 Å². The van der Waals surface area contributed by atoms with Crippen LogP contribution in [0.1, 0.15) is 179 Å². The van der Waals surface area contributed by atoms with Gasteiger partial charge in [-0.3, -0.25) is 0 Å². The van der Waals surface area contributed by atoms with Gasteiger partial charge in [-0.1, -0.05) is 167 Å². The normalized spacial score (nSPS) is 11.5. The number of rotatable bonds is 28. The number of benzene rings is 1. The van der Waals surface area contributed by atoms with Gasteiger partial charge in [-0.25, -0.2) is 0 Å². The van der Waals surface area contributed by atoms with E-state index in [4.69, 9.17) is 29.0 Å². The Morgan fingerprint density at radius 2 is 0.900 bits per heavy atom. The fourth-order valence-electron chi connectivity index (χ4n) is 5.52. The fraction of sp³-hybridized carbons (Fsp3) is 0.824. The van der Waals surface area contributed by atoms with Crippen molar-refractivity contribution in [3.8, 4) is 5.75 Å². The summed E-state index contributed by atoms with van der Waals surface area (Å²) in [6, 6.07) is 6.32. The maximum atomic E-state index is 12.0. The predicted molar refractivity (Wildman–Crippen MR) is 178 cm³/mol. The third-order valence-electron chi connectivity index (χ3n) is 7.95. The molecule has 1 rings (SSSR count). The molecule has 6 heteroatoms. The van der Waals surface area contributed by atoms with Crippen molar-refractivity contribution in [1.29, 1.82) is 0 Å². The van der Waals surface area contributed by atoms with Gasteiger partial charge in [0.25, 0.3) is 0 Å². The summed E-state index contributed by atoms with van der Waals surface area (Å²) >= 11 is 9.80. The van der Waals surface area contributed by atoms with Crippen LogP contribution in [0, 0.1) is 0 Å². The molecule has 228 valence electrons. The number of hydrogen-bond acceptors (Lipinski definition) is 4. The predicted octanol–water partition coefficient (Wildman–Crippen LogP) is 11.7. The molecule has 0 radical (unpaired) electrons. The van der Waals surface area contributed by atoms with Gasteiger partial charge in [0.05, 0.1) is 0 Å². The van der Waals surface area contributed by atoms with Crippen LogP contribution in [0.15, 0.2) is 18.2 Å². The molecule has 0 saturated heterocycles. The van der Waals surface area contributed by atoms with Crippen LogP contribution >= 0.6 is 6.12 Å². The Morgan fingerprint density at radius 3 is 1.27 bits per heavy atom. The summed E-state index contributed by atoms with van der Waals surface area (Å²) in [6.45, 7) is 4.56. The molecule has 0 aromatic heterocycles. The van der Waals surface area contributed by atoms with Crippen LogP contribution in [0.3, 0.4) is 0 Å². The number of hydrogen-bond donors (Lipinski definition) is 0. The van der Waals surface area contributed by atoms with Crippen molar-refractivity contribution in [2.45, 2.75) is 181 Å². The molecule has 0 saturated carbocycles. The molecule has 40 heavy (non-hydrogen) atoms. The monoisotopic (exact) mass is 660 g/mol. The summed E-state index contributed by atoms with van der Waals surface area (Å²) in [6.07, 6.45) is 31.3.